The predicted molar refractivity (Wildman–Crippen MR) is 116 cm³/mol. The van der Waals surface area contributed by atoms with Crippen molar-refractivity contribution >= 4 is 23.1 Å². The van der Waals surface area contributed by atoms with Crippen LogP contribution in [0, 0.1) is 4.77 Å². The second-order valence-electron chi connectivity index (χ2n) is 7.50. The maximum atomic E-state index is 13.3. The van der Waals surface area contributed by atoms with E-state index in [0.29, 0.717) is 27.2 Å². The number of methoxy groups -OCH3 is 2. The Balaban J connectivity index is 1.60. The lowest BCUT2D eigenvalue weighted by molar-refractivity contribution is -0.919. The van der Waals surface area contributed by atoms with Crippen LogP contribution in [0.25, 0.3) is 10.9 Å². The van der Waals surface area contributed by atoms with Gasteiger partial charge < -0.3 is 19.4 Å². The Kier molecular flexibility index (Phi) is 5.69. The van der Waals surface area contributed by atoms with Gasteiger partial charge >= 0.3 is 0 Å². The Morgan fingerprint density at radius 1 is 1.10 bits per heavy atom. The molecule has 6 nitrogen and oxygen atoms in total. The summed E-state index contributed by atoms with van der Waals surface area (Å²) >= 11 is 5.55. The molecule has 1 aliphatic heterocycles. The van der Waals surface area contributed by atoms with Gasteiger partial charge in [-0.15, -0.1) is 0 Å². The molecule has 1 fully saturated rings. The number of hydrogen-bond acceptors (Lipinski definition) is 4. The van der Waals surface area contributed by atoms with Gasteiger partial charge in [-0.3, -0.25) is 9.36 Å². The van der Waals surface area contributed by atoms with E-state index in [9.17, 15) is 4.79 Å². The zero-order valence-corrected chi connectivity index (χ0v) is 17.6. The van der Waals surface area contributed by atoms with Crippen molar-refractivity contribution in [1.29, 1.82) is 0 Å². The molecule has 0 radical (unpaired) electrons. The first-order valence-corrected chi connectivity index (χ1v) is 10.3. The number of piperidine rings is 1. The van der Waals surface area contributed by atoms with Gasteiger partial charge in [-0.25, -0.2) is 0 Å². The van der Waals surface area contributed by atoms with Gasteiger partial charge in [0, 0.05) is 24.5 Å². The van der Waals surface area contributed by atoms with Gasteiger partial charge in [0.1, 0.15) is 6.54 Å². The largest absolute Gasteiger partial charge is 0.493 e. The van der Waals surface area contributed by atoms with Crippen molar-refractivity contribution in [2.24, 2.45) is 0 Å². The van der Waals surface area contributed by atoms with Crippen LogP contribution >= 0.6 is 12.2 Å². The van der Waals surface area contributed by atoms with Crippen molar-refractivity contribution in [2.75, 3.05) is 27.3 Å². The summed E-state index contributed by atoms with van der Waals surface area (Å²) < 4.78 is 12.9. The Hall–Kier alpha value is -2.64. The molecule has 0 amide bonds. The number of H-pyrrole nitrogens is 1. The van der Waals surface area contributed by atoms with Crippen LogP contribution in [-0.2, 0) is 6.54 Å². The number of hydrogen-bond donors (Lipinski definition) is 2. The Labute approximate surface area is 174 Å². The van der Waals surface area contributed by atoms with Crippen molar-refractivity contribution in [3.8, 4) is 11.5 Å². The smallest absolute Gasteiger partial charge is 0.262 e. The number of fused-ring (bicyclic) bond motifs is 1. The first-order valence-electron chi connectivity index (χ1n) is 9.88. The maximum absolute atomic E-state index is 13.3. The highest BCUT2D eigenvalue weighted by Gasteiger charge is 2.26. The Bertz CT molecular complexity index is 1120. The maximum Gasteiger partial charge on any atom is 0.262 e. The first-order chi connectivity index (χ1) is 14.1. The van der Waals surface area contributed by atoms with E-state index in [1.165, 1.54) is 5.56 Å². The molecular weight excluding hydrogens is 386 g/mol. The number of benzene rings is 2. The van der Waals surface area contributed by atoms with Crippen molar-refractivity contribution in [2.45, 2.75) is 25.4 Å². The fraction of sp³-hybridized carbons (Fsp3) is 0.364. The summed E-state index contributed by atoms with van der Waals surface area (Å²) in [4.78, 5) is 18.0. The average molecular weight is 413 g/mol. The minimum absolute atomic E-state index is 0.0683. The van der Waals surface area contributed by atoms with Crippen LogP contribution in [0.5, 0.6) is 11.5 Å². The number of ether oxygens (including phenoxy) is 2. The molecule has 0 atom stereocenters. The SMILES string of the molecule is COc1cc2[nH]c(=S)n(C3CC[NH+](Cc4ccccc4)CC3)c(=O)c2cc1OC. The van der Waals surface area contributed by atoms with Gasteiger partial charge in [-0.1, -0.05) is 30.3 Å². The van der Waals surface area contributed by atoms with E-state index in [-0.39, 0.29) is 11.6 Å². The normalized spacial score (nSPS) is 19.2. The summed E-state index contributed by atoms with van der Waals surface area (Å²) in [7, 11) is 3.14. The Morgan fingerprint density at radius 2 is 1.76 bits per heavy atom. The molecule has 1 aliphatic rings. The van der Waals surface area contributed by atoms with Crippen LogP contribution in [-0.4, -0.2) is 36.9 Å². The predicted octanol–water partition coefficient (Wildman–Crippen LogP) is 2.50. The van der Waals surface area contributed by atoms with Gasteiger partial charge in [-0.05, 0) is 18.3 Å². The van der Waals surface area contributed by atoms with Crippen LogP contribution in [0.2, 0.25) is 0 Å². The number of aromatic nitrogens is 2. The van der Waals surface area contributed by atoms with Gasteiger partial charge in [0.25, 0.3) is 5.56 Å². The van der Waals surface area contributed by atoms with E-state index in [1.54, 1.807) is 35.8 Å². The molecule has 1 saturated heterocycles. The van der Waals surface area contributed by atoms with E-state index in [1.807, 2.05) is 6.07 Å². The van der Waals surface area contributed by atoms with Crippen LogP contribution in [0.15, 0.2) is 47.3 Å². The number of quaternary nitrogens is 1. The first kappa shape index (κ1) is 19.7. The molecule has 2 N–H and O–H groups in total. The van der Waals surface area contributed by atoms with Gasteiger partial charge in [0.15, 0.2) is 16.3 Å². The van der Waals surface area contributed by atoms with Crippen LogP contribution in [0.3, 0.4) is 0 Å². The molecule has 0 saturated carbocycles. The lowest BCUT2D eigenvalue weighted by Gasteiger charge is -2.30. The highest BCUT2D eigenvalue weighted by atomic mass is 32.1. The standard InChI is InChI=1S/C22H25N3O3S/c1-27-19-12-17-18(13-20(19)28-2)23-22(29)25(21(17)26)16-8-10-24(11-9-16)14-15-6-4-3-5-7-15/h3-7,12-13,16H,8-11,14H2,1-2H3,(H,23,29)/p+1. The summed E-state index contributed by atoms with van der Waals surface area (Å²) in [6, 6.07) is 14.2. The molecule has 0 unspecified atom stereocenters. The van der Waals surface area contributed by atoms with Gasteiger partial charge in [-0.2, -0.15) is 0 Å². The molecule has 0 spiro atoms. The van der Waals surface area contributed by atoms with E-state index < -0.39 is 0 Å². The molecule has 29 heavy (non-hydrogen) atoms. The van der Waals surface area contributed by atoms with Crippen molar-refractivity contribution in [1.82, 2.24) is 9.55 Å². The topological polar surface area (TPSA) is 60.7 Å². The highest BCUT2D eigenvalue weighted by Crippen LogP contribution is 2.30. The molecule has 4 rings (SSSR count). The molecule has 0 bridgehead atoms. The summed E-state index contributed by atoms with van der Waals surface area (Å²) in [6.07, 6.45) is 1.86. The zero-order valence-electron chi connectivity index (χ0n) is 16.7. The molecule has 2 heterocycles. The highest BCUT2D eigenvalue weighted by molar-refractivity contribution is 7.71. The fourth-order valence-corrected chi connectivity index (χ4v) is 4.56. The van der Waals surface area contributed by atoms with Gasteiger partial charge in [0.05, 0.1) is 44.3 Å². The number of nitrogens with zero attached hydrogens (tertiary/aromatic N) is 1. The molecule has 152 valence electrons. The molecule has 3 aromatic rings. The lowest BCUT2D eigenvalue weighted by Crippen LogP contribution is -3.11. The molecule has 0 aliphatic carbocycles. The fourth-order valence-electron chi connectivity index (χ4n) is 4.22. The van der Waals surface area contributed by atoms with Crippen LogP contribution < -0.4 is 19.9 Å². The van der Waals surface area contributed by atoms with Crippen molar-refractivity contribution in [3.05, 3.63) is 63.2 Å². The second kappa shape index (κ2) is 8.39. The van der Waals surface area contributed by atoms with E-state index in [2.05, 4.69) is 29.2 Å². The molecule has 1 aromatic heterocycles. The Morgan fingerprint density at radius 3 is 2.41 bits per heavy atom. The summed E-state index contributed by atoms with van der Waals surface area (Å²) in [5, 5.41) is 0.565. The molecule has 2 aromatic carbocycles. The second-order valence-corrected chi connectivity index (χ2v) is 7.89. The van der Waals surface area contributed by atoms with Gasteiger partial charge in [0.2, 0.25) is 0 Å². The number of likely N-dealkylation sites (tertiary alicyclic amines) is 1. The monoisotopic (exact) mass is 412 g/mol. The third kappa shape index (κ3) is 3.93. The number of nitrogens with one attached hydrogen (secondary N) is 2. The van der Waals surface area contributed by atoms with E-state index in [0.717, 1.165) is 32.5 Å². The van der Waals surface area contributed by atoms with Crippen molar-refractivity contribution < 1.29 is 14.4 Å². The number of aromatic amines is 1. The number of rotatable bonds is 5. The summed E-state index contributed by atoms with van der Waals surface area (Å²) in [6.45, 7) is 3.06. The van der Waals surface area contributed by atoms with E-state index >= 15 is 0 Å². The van der Waals surface area contributed by atoms with Crippen LogP contribution in [0.1, 0.15) is 24.4 Å². The third-order valence-corrected chi connectivity index (χ3v) is 6.06. The van der Waals surface area contributed by atoms with Crippen LogP contribution in [0.4, 0.5) is 0 Å². The lowest BCUT2D eigenvalue weighted by atomic mass is 10.0. The minimum Gasteiger partial charge on any atom is -0.493 e. The summed E-state index contributed by atoms with van der Waals surface area (Å²) in [5.74, 6) is 1.11. The zero-order chi connectivity index (χ0) is 20.4. The van der Waals surface area contributed by atoms with Crippen molar-refractivity contribution in [3.63, 3.8) is 0 Å². The van der Waals surface area contributed by atoms with E-state index in [4.69, 9.17) is 21.7 Å². The summed E-state index contributed by atoms with van der Waals surface area (Å²) in [5.41, 5.74) is 1.95. The molecule has 7 heteroatoms. The minimum atomic E-state index is -0.0683. The third-order valence-electron chi connectivity index (χ3n) is 5.76. The molecular formula is C22H26N3O3S+. The quantitative estimate of drug-likeness (QED) is 0.632. The average Bonchev–Trinajstić information content (AvgIpc) is 2.75.